The summed E-state index contributed by atoms with van der Waals surface area (Å²) in [5, 5.41) is 3.00. The van der Waals surface area contributed by atoms with Crippen molar-refractivity contribution in [3.63, 3.8) is 0 Å². The number of aromatic nitrogens is 1. The Morgan fingerprint density at radius 2 is 1.74 bits per heavy atom. The zero-order valence-electron chi connectivity index (χ0n) is 22.0. The number of methoxy groups -OCH3 is 1. The first-order valence-corrected chi connectivity index (χ1v) is 15.1. The number of rotatable bonds is 5. The monoisotopic (exact) mass is 615 g/mol. The van der Waals surface area contributed by atoms with E-state index in [9.17, 15) is 32.3 Å². The number of nitrogens with one attached hydrogen (secondary N) is 2. The van der Waals surface area contributed by atoms with Crippen LogP contribution in [0.1, 0.15) is 28.3 Å². The van der Waals surface area contributed by atoms with E-state index in [2.05, 4.69) is 10.3 Å². The number of hydrogen-bond acceptors (Lipinski definition) is 7. The van der Waals surface area contributed by atoms with Crippen LogP contribution >= 0.6 is 23.1 Å². The number of ether oxygens (including phenoxy) is 1. The zero-order valence-corrected chi connectivity index (χ0v) is 23.6. The number of anilines is 1. The standard InChI is InChI=1S/C29H24F3N3O5S2/c1-40-13-8-6-12(7-9-13)19-20-14-10-15(23(20)41-25-24(19)42-28(39)34-25)22-21(14)26(37)35(27(22)38)11-18(36)33-17-5-3-2-4-16(17)29(30,31)32/h2-9,14-15,19-23H,10-11H2,1H3,(H,33,36)(H,34,39)/t14?,15?,19-,20?,21?,22?,23?/m1/s1. The Morgan fingerprint density at radius 3 is 2.43 bits per heavy atom. The van der Waals surface area contributed by atoms with Crippen molar-refractivity contribution < 1.29 is 32.3 Å². The fourth-order valence-electron chi connectivity index (χ4n) is 7.59. The predicted molar refractivity (Wildman–Crippen MR) is 148 cm³/mol. The molecule has 3 amide bonds. The molecule has 13 heteroatoms. The molecular weight excluding hydrogens is 591 g/mol. The molecule has 6 unspecified atom stereocenters. The maximum absolute atomic E-state index is 13.7. The van der Waals surface area contributed by atoms with Crippen molar-refractivity contribution in [1.29, 1.82) is 0 Å². The lowest BCUT2D eigenvalue weighted by atomic mass is 9.68. The summed E-state index contributed by atoms with van der Waals surface area (Å²) in [4.78, 5) is 57.2. The molecule has 42 heavy (non-hydrogen) atoms. The van der Waals surface area contributed by atoms with Gasteiger partial charge in [0.25, 0.3) is 0 Å². The summed E-state index contributed by atoms with van der Waals surface area (Å²) >= 11 is 2.71. The van der Waals surface area contributed by atoms with Crippen molar-refractivity contribution in [2.24, 2.45) is 29.6 Å². The van der Waals surface area contributed by atoms with Gasteiger partial charge >= 0.3 is 11.0 Å². The zero-order chi connectivity index (χ0) is 29.5. The molecule has 3 aromatic rings. The van der Waals surface area contributed by atoms with Crippen LogP contribution in [0.3, 0.4) is 0 Å². The number of para-hydroxylation sites is 1. The molecule has 2 aliphatic carbocycles. The van der Waals surface area contributed by atoms with Gasteiger partial charge in [-0.3, -0.25) is 24.1 Å². The molecule has 2 N–H and O–H groups in total. The number of thioether (sulfide) groups is 1. The molecule has 1 saturated heterocycles. The number of aromatic amines is 1. The highest BCUT2D eigenvalue weighted by Crippen LogP contribution is 2.68. The first-order chi connectivity index (χ1) is 20.1. The third-order valence-corrected chi connectivity index (χ3v) is 11.7. The molecule has 2 aliphatic heterocycles. The minimum absolute atomic E-state index is 0.0159. The topological polar surface area (TPSA) is 109 Å². The number of amides is 3. The SMILES string of the molecule is COc1ccc([C@H]2c3sc(=O)[nH]c3SC3C4CC(C5C(=O)N(CC(=O)Nc6ccccc6C(F)(F)F)C(=O)C45)C32)cc1. The van der Waals surface area contributed by atoms with Crippen LogP contribution in [-0.4, -0.2) is 46.5 Å². The highest BCUT2D eigenvalue weighted by Gasteiger charge is 2.69. The van der Waals surface area contributed by atoms with Gasteiger partial charge in [-0.05, 0) is 54.0 Å². The van der Waals surface area contributed by atoms with Crippen LogP contribution in [0.15, 0.2) is 58.4 Å². The van der Waals surface area contributed by atoms with Crippen molar-refractivity contribution in [2.45, 2.75) is 28.8 Å². The molecule has 218 valence electrons. The molecule has 8 nitrogen and oxygen atoms in total. The second kappa shape index (κ2) is 9.73. The number of imide groups is 1. The number of hydrogen-bond donors (Lipinski definition) is 2. The van der Waals surface area contributed by atoms with Gasteiger partial charge in [-0.25, -0.2) is 0 Å². The van der Waals surface area contributed by atoms with Crippen LogP contribution < -0.4 is 14.9 Å². The van der Waals surface area contributed by atoms with Crippen LogP contribution in [0.25, 0.3) is 0 Å². The van der Waals surface area contributed by atoms with Gasteiger partial charge in [-0.2, -0.15) is 13.2 Å². The average Bonchev–Trinajstić information content (AvgIpc) is 3.69. The van der Waals surface area contributed by atoms with E-state index in [0.29, 0.717) is 12.2 Å². The first-order valence-electron chi connectivity index (χ1n) is 13.4. The Labute approximate surface area is 245 Å². The lowest BCUT2D eigenvalue weighted by Gasteiger charge is -2.43. The van der Waals surface area contributed by atoms with E-state index in [1.165, 1.54) is 12.1 Å². The summed E-state index contributed by atoms with van der Waals surface area (Å²) in [5.41, 5.74) is -0.453. The van der Waals surface area contributed by atoms with Gasteiger partial charge in [0.1, 0.15) is 12.3 Å². The number of fused-ring (bicyclic) bond motifs is 9. The fourth-order valence-corrected chi connectivity index (χ4v) is 10.5. The number of halogens is 3. The van der Waals surface area contributed by atoms with Gasteiger partial charge in [0, 0.05) is 16.0 Å². The van der Waals surface area contributed by atoms with Crippen LogP contribution in [0.2, 0.25) is 0 Å². The average molecular weight is 616 g/mol. The van der Waals surface area contributed by atoms with E-state index >= 15 is 0 Å². The Kier molecular flexibility index (Phi) is 6.32. The number of thiazole rings is 1. The second-order valence-electron chi connectivity index (χ2n) is 11.1. The molecule has 3 fully saturated rings. The van der Waals surface area contributed by atoms with Crippen LogP contribution in [0.4, 0.5) is 18.9 Å². The van der Waals surface area contributed by atoms with Gasteiger partial charge in [-0.1, -0.05) is 35.6 Å². The van der Waals surface area contributed by atoms with Gasteiger partial charge in [-0.15, -0.1) is 11.8 Å². The Hall–Kier alpha value is -3.58. The summed E-state index contributed by atoms with van der Waals surface area (Å²) in [6, 6.07) is 12.2. The predicted octanol–water partition coefficient (Wildman–Crippen LogP) is 4.58. The van der Waals surface area contributed by atoms with Crippen LogP contribution in [0, 0.1) is 29.6 Å². The smallest absolute Gasteiger partial charge is 0.418 e. The fraction of sp³-hybridized carbons (Fsp3) is 0.379. The normalized spacial score (nSPS) is 29.3. The molecule has 0 radical (unpaired) electrons. The second-order valence-corrected chi connectivity index (χ2v) is 13.3. The minimum Gasteiger partial charge on any atom is -0.497 e. The van der Waals surface area contributed by atoms with Crippen molar-refractivity contribution in [1.82, 2.24) is 9.88 Å². The number of alkyl halides is 3. The first kappa shape index (κ1) is 27.3. The molecule has 7 rings (SSSR count). The molecule has 4 aliphatic rings. The van der Waals surface area contributed by atoms with Crippen molar-refractivity contribution >= 4 is 46.5 Å². The van der Waals surface area contributed by atoms with Gasteiger partial charge in [0.05, 0.1) is 35.2 Å². The highest BCUT2D eigenvalue weighted by molar-refractivity contribution is 8.00. The summed E-state index contributed by atoms with van der Waals surface area (Å²) in [6.07, 6.45) is -4.00. The Balaban J connectivity index is 1.17. The summed E-state index contributed by atoms with van der Waals surface area (Å²) in [6.45, 7) is -0.651. The molecule has 2 bridgehead atoms. The molecule has 2 aromatic carbocycles. The van der Waals surface area contributed by atoms with Gasteiger partial charge in [0.15, 0.2) is 0 Å². The Bertz CT molecular complexity index is 1670. The molecular formula is C29H24F3N3O5S2. The van der Waals surface area contributed by atoms with E-state index in [0.717, 1.165) is 43.8 Å². The number of carbonyl (C=O) groups is 3. The van der Waals surface area contributed by atoms with Crippen molar-refractivity contribution in [3.8, 4) is 5.75 Å². The highest BCUT2D eigenvalue weighted by atomic mass is 32.2. The quantitative estimate of drug-likeness (QED) is 0.407. The van der Waals surface area contributed by atoms with Gasteiger partial charge < -0.3 is 15.0 Å². The molecule has 0 spiro atoms. The maximum atomic E-state index is 13.7. The summed E-state index contributed by atoms with van der Waals surface area (Å²) in [5.74, 6) is -2.76. The Morgan fingerprint density at radius 1 is 1.05 bits per heavy atom. The maximum Gasteiger partial charge on any atom is 0.418 e. The minimum atomic E-state index is -4.68. The molecule has 2 saturated carbocycles. The van der Waals surface area contributed by atoms with E-state index in [1.54, 1.807) is 18.9 Å². The van der Waals surface area contributed by atoms with Crippen LogP contribution in [0.5, 0.6) is 5.75 Å². The van der Waals surface area contributed by atoms with E-state index < -0.39 is 53.5 Å². The molecule has 7 atom stereocenters. The lowest BCUT2D eigenvalue weighted by Crippen LogP contribution is -2.42. The van der Waals surface area contributed by atoms with E-state index in [4.69, 9.17) is 4.74 Å². The summed E-state index contributed by atoms with van der Waals surface area (Å²) < 4.78 is 45.6. The van der Waals surface area contributed by atoms with Crippen LogP contribution in [-0.2, 0) is 20.6 Å². The third-order valence-electron chi connectivity index (χ3n) is 9.10. The summed E-state index contributed by atoms with van der Waals surface area (Å²) in [7, 11) is 1.58. The molecule has 3 heterocycles. The number of likely N-dealkylation sites (tertiary alicyclic amines) is 1. The number of carbonyl (C=O) groups excluding carboxylic acids is 3. The number of H-pyrrole nitrogens is 1. The van der Waals surface area contributed by atoms with Gasteiger partial charge in [0.2, 0.25) is 17.7 Å². The van der Waals surface area contributed by atoms with Crippen molar-refractivity contribution in [2.75, 3.05) is 19.0 Å². The number of benzene rings is 2. The lowest BCUT2D eigenvalue weighted by molar-refractivity contribution is -0.143. The third kappa shape index (κ3) is 4.11. The molecule has 1 aromatic heterocycles. The van der Waals surface area contributed by atoms with E-state index in [-0.39, 0.29) is 33.8 Å². The number of nitrogens with zero attached hydrogens (tertiary/aromatic N) is 1. The van der Waals surface area contributed by atoms with Crippen molar-refractivity contribution in [3.05, 3.63) is 74.2 Å². The largest absolute Gasteiger partial charge is 0.497 e. The van der Waals surface area contributed by atoms with E-state index in [1.807, 2.05) is 24.3 Å².